The molecule has 10 heteroatoms. The number of carbonyl (C=O) groups is 5. The van der Waals surface area contributed by atoms with Gasteiger partial charge in [0, 0.05) is 36.2 Å². The van der Waals surface area contributed by atoms with Crippen LogP contribution in [0.3, 0.4) is 0 Å². The van der Waals surface area contributed by atoms with E-state index in [1.165, 1.54) is 17.1 Å². The number of unbranched alkanes of at least 4 members (excludes halogenated alkanes) is 2. The highest BCUT2D eigenvalue weighted by atomic mass is 16.5. The molecule has 0 aliphatic carbocycles. The summed E-state index contributed by atoms with van der Waals surface area (Å²) in [5.74, 6) is -1.24. The lowest BCUT2D eigenvalue weighted by molar-refractivity contribution is -0.137. The Balaban J connectivity index is 1.76. The fourth-order valence-corrected chi connectivity index (χ4v) is 3.85. The van der Waals surface area contributed by atoms with Crippen LogP contribution in [0.15, 0.2) is 48.8 Å². The van der Waals surface area contributed by atoms with Crippen LogP contribution >= 0.6 is 0 Å². The molecule has 1 aromatic rings. The normalized spacial score (nSPS) is 14.6. The zero-order chi connectivity index (χ0) is 30.7. The summed E-state index contributed by atoms with van der Waals surface area (Å²) in [5.41, 5.74) is 1.36. The number of ether oxygens (including phenoxy) is 1. The molecule has 0 radical (unpaired) electrons. The first-order valence-electron chi connectivity index (χ1n) is 14.0. The summed E-state index contributed by atoms with van der Waals surface area (Å²) in [5, 5.41) is 8.24. The van der Waals surface area contributed by atoms with Gasteiger partial charge in [-0.1, -0.05) is 59.8 Å². The van der Waals surface area contributed by atoms with Gasteiger partial charge in [0.1, 0.15) is 18.7 Å². The van der Waals surface area contributed by atoms with Crippen LogP contribution in [0.5, 0.6) is 0 Å². The van der Waals surface area contributed by atoms with Crippen molar-refractivity contribution < 1.29 is 28.7 Å². The largest absolute Gasteiger partial charge is 0.493 e. The van der Waals surface area contributed by atoms with Crippen LogP contribution in [0.25, 0.3) is 0 Å². The van der Waals surface area contributed by atoms with Gasteiger partial charge in [0.05, 0.1) is 5.76 Å². The van der Waals surface area contributed by atoms with Crippen LogP contribution in [-0.4, -0.2) is 53.1 Å². The third kappa shape index (κ3) is 10.9. The van der Waals surface area contributed by atoms with Gasteiger partial charge in [0.15, 0.2) is 0 Å². The van der Waals surface area contributed by atoms with Gasteiger partial charge in [-0.3, -0.25) is 28.9 Å². The molecule has 0 fully saturated rings. The van der Waals surface area contributed by atoms with Crippen molar-refractivity contribution >= 4 is 35.2 Å². The molecule has 0 saturated carbocycles. The second-order valence-corrected chi connectivity index (χ2v) is 11.6. The highest BCUT2D eigenvalue weighted by molar-refractivity contribution is 6.12. The average Bonchev–Trinajstić information content (AvgIpc) is 3.22. The molecule has 1 heterocycles. The number of imide groups is 1. The van der Waals surface area contributed by atoms with Gasteiger partial charge in [-0.15, -0.1) is 0 Å². The smallest absolute Gasteiger partial charge is 0.253 e. The standard InChI is InChI=1S/C31H44N4O6/c1-20(2)28(34-25(36)11-9-8-10-18-35-26(37)16-17-27(35)38)30(40)32-21(3)29(39)33-24-14-12-23(13-15-24)19-41-22(4)31(5,6)7/h12-17,20-21,28H,4,8-11,18-19H2,1-3,5-7H3,(H,32,40)(H,33,39)(H,34,36). The Morgan fingerprint density at radius 2 is 1.51 bits per heavy atom. The van der Waals surface area contributed by atoms with E-state index in [1.807, 2.05) is 46.8 Å². The molecule has 3 N–H and O–H groups in total. The highest BCUT2D eigenvalue weighted by Gasteiger charge is 2.27. The Hall–Kier alpha value is -3.95. The van der Waals surface area contributed by atoms with E-state index in [-0.39, 0.29) is 41.4 Å². The first kappa shape index (κ1) is 33.3. The Morgan fingerprint density at radius 3 is 2.07 bits per heavy atom. The molecule has 0 aromatic heterocycles. The van der Waals surface area contributed by atoms with Crippen LogP contribution < -0.4 is 16.0 Å². The molecule has 2 atom stereocenters. The van der Waals surface area contributed by atoms with Crippen molar-refractivity contribution in [2.45, 2.75) is 85.9 Å². The maximum absolute atomic E-state index is 12.9. The Morgan fingerprint density at radius 1 is 0.902 bits per heavy atom. The summed E-state index contributed by atoms with van der Waals surface area (Å²) in [6.45, 7) is 15.9. The Kier molecular flexibility index (Phi) is 12.3. The molecule has 0 saturated heterocycles. The Labute approximate surface area is 243 Å². The van der Waals surface area contributed by atoms with Crippen molar-refractivity contribution in [3.63, 3.8) is 0 Å². The fourth-order valence-electron chi connectivity index (χ4n) is 3.85. The second kappa shape index (κ2) is 15.2. The van der Waals surface area contributed by atoms with E-state index in [9.17, 15) is 24.0 Å². The zero-order valence-electron chi connectivity index (χ0n) is 25.0. The molecule has 2 rings (SSSR count). The third-order valence-corrected chi connectivity index (χ3v) is 6.67. The number of benzene rings is 1. The van der Waals surface area contributed by atoms with Gasteiger partial charge < -0.3 is 20.7 Å². The maximum Gasteiger partial charge on any atom is 0.253 e. The van der Waals surface area contributed by atoms with E-state index in [4.69, 9.17) is 4.74 Å². The average molecular weight is 569 g/mol. The SMILES string of the molecule is C=C(OCc1ccc(NC(=O)C(C)NC(=O)C(NC(=O)CCCCCN2C(=O)C=CC2=O)C(C)C)cc1)C(C)(C)C. The van der Waals surface area contributed by atoms with Gasteiger partial charge in [-0.2, -0.15) is 0 Å². The maximum atomic E-state index is 12.9. The van der Waals surface area contributed by atoms with Crippen molar-refractivity contribution in [2.75, 3.05) is 11.9 Å². The van der Waals surface area contributed by atoms with Crippen LogP contribution in [0.4, 0.5) is 5.69 Å². The van der Waals surface area contributed by atoms with Crippen molar-refractivity contribution in [1.82, 2.24) is 15.5 Å². The van der Waals surface area contributed by atoms with Crippen LogP contribution in [0.2, 0.25) is 0 Å². The Bertz CT molecular complexity index is 1130. The van der Waals surface area contributed by atoms with E-state index in [1.54, 1.807) is 19.1 Å². The van der Waals surface area contributed by atoms with Gasteiger partial charge in [0.25, 0.3) is 11.8 Å². The molecule has 2 unspecified atom stereocenters. The number of carbonyl (C=O) groups excluding carboxylic acids is 5. The summed E-state index contributed by atoms with van der Waals surface area (Å²) in [6.07, 6.45) is 4.50. The minimum atomic E-state index is -0.829. The predicted octanol–water partition coefficient (Wildman–Crippen LogP) is 3.83. The number of allylic oxidation sites excluding steroid dienone is 1. The number of anilines is 1. The van der Waals surface area contributed by atoms with E-state index in [0.717, 1.165) is 5.56 Å². The molecule has 10 nitrogen and oxygen atoms in total. The van der Waals surface area contributed by atoms with Crippen molar-refractivity contribution in [2.24, 2.45) is 11.3 Å². The number of amides is 5. The monoisotopic (exact) mass is 568 g/mol. The predicted molar refractivity (Wildman–Crippen MR) is 157 cm³/mol. The van der Waals surface area contributed by atoms with E-state index in [2.05, 4.69) is 22.5 Å². The summed E-state index contributed by atoms with van der Waals surface area (Å²) in [6, 6.07) is 5.60. The molecular weight excluding hydrogens is 524 g/mol. The molecule has 0 bridgehead atoms. The first-order valence-corrected chi connectivity index (χ1v) is 14.0. The lowest BCUT2D eigenvalue weighted by Crippen LogP contribution is -2.53. The molecule has 224 valence electrons. The lowest BCUT2D eigenvalue weighted by atomic mass is 9.95. The van der Waals surface area contributed by atoms with Gasteiger partial charge in [0.2, 0.25) is 17.7 Å². The molecule has 1 aliphatic rings. The number of nitrogens with zero attached hydrogens (tertiary/aromatic N) is 1. The summed E-state index contributed by atoms with van der Waals surface area (Å²) < 4.78 is 5.74. The van der Waals surface area contributed by atoms with Gasteiger partial charge >= 0.3 is 0 Å². The van der Waals surface area contributed by atoms with Crippen molar-refractivity contribution in [3.05, 3.63) is 54.3 Å². The van der Waals surface area contributed by atoms with Gasteiger partial charge in [-0.05, 0) is 43.4 Å². The molecular formula is C31H44N4O6. The van der Waals surface area contributed by atoms with E-state index in [0.29, 0.717) is 43.9 Å². The summed E-state index contributed by atoms with van der Waals surface area (Å²) in [7, 11) is 0. The number of rotatable bonds is 15. The first-order chi connectivity index (χ1) is 19.2. The molecule has 41 heavy (non-hydrogen) atoms. The van der Waals surface area contributed by atoms with Crippen molar-refractivity contribution in [3.8, 4) is 0 Å². The minimum absolute atomic E-state index is 0.149. The molecule has 1 aliphatic heterocycles. The van der Waals surface area contributed by atoms with Crippen molar-refractivity contribution in [1.29, 1.82) is 0 Å². The van der Waals surface area contributed by atoms with Gasteiger partial charge in [-0.25, -0.2) is 0 Å². The number of hydrogen-bond donors (Lipinski definition) is 3. The number of hydrogen-bond acceptors (Lipinski definition) is 6. The molecule has 5 amide bonds. The molecule has 0 spiro atoms. The highest BCUT2D eigenvalue weighted by Crippen LogP contribution is 2.25. The van der Waals surface area contributed by atoms with E-state index >= 15 is 0 Å². The van der Waals surface area contributed by atoms with Crippen LogP contribution in [0, 0.1) is 11.3 Å². The summed E-state index contributed by atoms with van der Waals surface area (Å²) in [4.78, 5) is 62.4. The second-order valence-electron chi connectivity index (χ2n) is 11.6. The van der Waals surface area contributed by atoms with Crippen LogP contribution in [-0.2, 0) is 35.3 Å². The van der Waals surface area contributed by atoms with E-state index < -0.39 is 18.0 Å². The fraction of sp³-hybridized carbons (Fsp3) is 0.516. The minimum Gasteiger partial charge on any atom is -0.493 e. The summed E-state index contributed by atoms with van der Waals surface area (Å²) >= 11 is 0. The van der Waals surface area contributed by atoms with Crippen LogP contribution in [0.1, 0.15) is 72.8 Å². The third-order valence-electron chi connectivity index (χ3n) is 6.67. The molecule has 1 aromatic carbocycles. The number of nitrogens with one attached hydrogen (secondary N) is 3. The topological polar surface area (TPSA) is 134 Å². The quantitative estimate of drug-likeness (QED) is 0.167. The lowest BCUT2D eigenvalue weighted by Gasteiger charge is -2.24. The zero-order valence-corrected chi connectivity index (χ0v) is 25.0.